The molecule has 82 valence electrons. The first-order valence-corrected chi connectivity index (χ1v) is 5.15. The Hall–Kier alpha value is -1.32. The van der Waals surface area contributed by atoms with E-state index in [1.807, 2.05) is 0 Å². The highest BCUT2D eigenvalue weighted by molar-refractivity contribution is 6.30. The van der Waals surface area contributed by atoms with E-state index in [-0.39, 0.29) is 11.6 Å². The van der Waals surface area contributed by atoms with E-state index < -0.39 is 5.82 Å². The van der Waals surface area contributed by atoms with Crippen molar-refractivity contribution in [3.05, 3.63) is 52.4 Å². The van der Waals surface area contributed by atoms with Crippen LogP contribution in [0.1, 0.15) is 0 Å². The van der Waals surface area contributed by atoms with Gasteiger partial charge in [0.25, 0.3) is 0 Å². The van der Waals surface area contributed by atoms with Gasteiger partial charge in [0.15, 0.2) is 11.6 Å². The van der Waals surface area contributed by atoms with Crippen LogP contribution in [0.5, 0.6) is 11.6 Å². The summed E-state index contributed by atoms with van der Waals surface area (Å²) in [6.45, 7) is 0. The number of halogens is 3. The molecular formula is C11H6Cl2FNO. The molecule has 2 rings (SSSR count). The SMILES string of the molecule is Fc1cc(Cl)ccc1Oc1ccc(Cl)cn1. The Kier molecular flexibility index (Phi) is 3.27. The maximum atomic E-state index is 13.4. The van der Waals surface area contributed by atoms with Crippen LogP contribution in [0.15, 0.2) is 36.5 Å². The van der Waals surface area contributed by atoms with Crippen LogP contribution in [0.3, 0.4) is 0 Å². The smallest absolute Gasteiger partial charge is 0.219 e. The summed E-state index contributed by atoms with van der Waals surface area (Å²) in [5.41, 5.74) is 0. The van der Waals surface area contributed by atoms with Gasteiger partial charge in [-0.2, -0.15) is 0 Å². The molecule has 0 radical (unpaired) electrons. The average Bonchev–Trinajstić information content (AvgIpc) is 2.25. The summed E-state index contributed by atoms with van der Waals surface area (Å²) in [6.07, 6.45) is 1.42. The lowest BCUT2D eigenvalue weighted by Crippen LogP contribution is -1.90. The van der Waals surface area contributed by atoms with Crippen LogP contribution in [-0.4, -0.2) is 4.98 Å². The quantitative estimate of drug-likeness (QED) is 0.800. The lowest BCUT2D eigenvalue weighted by atomic mass is 10.3. The van der Waals surface area contributed by atoms with Crippen molar-refractivity contribution in [1.29, 1.82) is 0 Å². The van der Waals surface area contributed by atoms with Crippen molar-refractivity contribution in [3.63, 3.8) is 0 Å². The van der Waals surface area contributed by atoms with E-state index in [4.69, 9.17) is 27.9 Å². The summed E-state index contributed by atoms with van der Waals surface area (Å²) in [4.78, 5) is 3.88. The fourth-order valence-electron chi connectivity index (χ4n) is 1.09. The number of hydrogen-bond donors (Lipinski definition) is 0. The van der Waals surface area contributed by atoms with Crippen LogP contribution >= 0.6 is 23.2 Å². The number of ether oxygens (including phenoxy) is 1. The number of pyridine rings is 1. The molecule has 2 aromatic rings. The van der Waals surface area contributed by atoms with E-state index in [0.29, 0.717) is 10.0 Å². The molecule has 0 N–H and O–H groups in total. The van der Waals surface area contributed by atoms with Gasteiger partial charge in [-0.3, -0.25) is 0 Å². The summed E-state index contributed by atoms with van der Waals surface area (Å²) in [5.74, 6) is -0.200. The standard InChI is InChI=1S/C11H6Cl2FNO/c12-7-1-3-10(9(14)5-7)16-11-4-2-8(13)6-15-11/h1-6H. The largest absolute Gasteiger partial charge is 0.436 e. The van der Waals surface area contributed by atoms with Gasteiger partial charge in [-0.15, -0.1) is 0 Å². The van der Waals surface area contributed by atoms with Crippen molar-refractivity contribution in [3.8, 4) is 11.6 Å². The predicted molar refractivity (Wildman–Crippen MR) is 60.7 cm³/mol. The third kappa shape index (κ3) is 2.62. The van der Waals surface area contributed by atoms with Crippen molar-refractivity contribution >= 4 is 23.2 Å². The highest BCUT2D eigenvalue weighted by Gasteiger charge is 2.05. The molecule has 0 saturated carbocycles. The van der Waals surface area contributed by atoms with E-state index in [0.717, 1.165) is 0 Å². The number of rotatable bonds is 2. The van der Waals surface area contributed by atoms with Crippen LogP contribution < -0.4 is 4.74 Å². The molecule has 1 aromatic heterocycles. The van der Waals surface area contributed by atoms with Gasteiger partial charge in [-0.05, 0) is 24.3 Å². The Bertz CT molecular complexity index is 502. The number of benzene rings is 1. The zero-order valence-electron chi connectivity index (χ0n) is 7.95. The second-order valence-electron chi connectivity index (χ2n) is 2.99. The van der Waals surface area contributed by atoms with Crippen molar-refractivity contribution in [2.45, 2.75) is 0 Å². The minimum absolute atomic E-state index is 0.0687. The lowest BCUT2D eigenvalue weighted by Gasteiger charge is -2.05. The molecular weight excluding hydrogens is 252 g/mol. The minimum Gasteiger partial charge on any atom is -0.436 e. The van der Waals surface area contributed by atoms with Crippen molar-refractivity contribution < 1.29 is 9.13 Å². The molecule has 2 nitrogen and oxygen atoms in total. The molecule has 1 aromatic carbocycles. The Morgan fingerprint density at radius 1 is 1.06 bits per heavy atom. The Morgan fingerprint density at radius 2 is 1.81 bits per heavy atom. The van der Waals surface area contributed by atoms with Crippen LogP contribution in [0.25, 0.3) is 0 Å². The molecule has 0 amide bonds. The topological polar surface area (TPSA) is 22.1 Å². The van der Waals surface area contributed by atoms with Gasteiger partial charge >= 0.3 is 0 Å². The lowest BCUT2D eigenvalue weighted by molar-refractivity contribution is 0.427. The fraction of sp³-hybridized carbons (Fsp3) is 0. The molecule has 0 aliphatic carbocycles. The van der Waals surface area contributed by atoms with E-state index in [9.17, 15) is 4.39 Å². The van der Waals surface area contributed by atoms with E-state index in [1.165, 1.54) is 24.4 Å². The molecule has 0 aliphatic rings. The molecule has 0 atom stereocenters. The van der Waals surface area contributed by atoms with Gasteiger partial charge < -0.3 is 4.74 Å². The summed E-state index contributed by atoms with van der Waals surface area (Å²) in [7, 11) is 0. The third-order valence-corrected chi connectivity index (χ3v) is 2.27. The normalized spacial score (nSPS) is 10.2. The summed E-state index contributed by atoms with van der Waals surface area (Å²) in [6, 6.07) is 7.31. The van der Waals surface area contributed by atoms with Gasteiger partial charge in [-0.1, -0.05) is 23.2 Å². The van der Waals surface area contributed by atoms with E-state index >= 15 is 0 Å². The molecule has 0 aliphatic heterocycles. The maximum Gasteiger partial charge on any atom is 0.219 e. The Morgan fingerprint density at radius 3 is 2.44 bits per heavy atom. The second kappa shape index (κ2) is 4.68. The van der Waals surface area contributed by atoms with E-state index in [1.54, 1.807) is 12.1 Å². The molecule has 16 heavy (non-hydrogen) atoms. The number of nitrogens with zero attached hydrogens (tertiary/aromatic N) is 1. The molecule has 5 heteroatoms. The van der Waals surface area contributed by atoms with Crippen LogP contribution in [0.2, 0.25) is 10.0 Å². The highest BCUT2D eigenvalue weighted by atomic mass is 35.5. The van der Waals surface area contributed by atoms with Gasteiger partial charge in [0, 0.05) is 17.3 Å². The van der Waals surface area contributed by atoms with Gasteiger partial charge in [-0.25, -0.2) is 9.37 Å². The maximum absolute atomic E-state index is 13.4. The summed E-state index contributed by atoms with van der Waals surface area (Å²) < 4.78 is 18.6. The van der Waals surface area contributed by atoms with Crippen molar-refractivity contribution in [1.82, 2.24) is 4.98 Å². The van der Waals surface area contributed by atoms with E-state index in [2.05, 4.69) is 4.98 Å². The molecule has 0 fully saturated rings. The monoisotopic (exact) mass is 257 g/mol. The summed E-state index contributed by atoms with van der Waals surface area (Å²) in [5, 5.41) is 0.804. The zero-order chi connectivity index (χ0) is 11.5. The van der Waals surface area contributed by atoms with Crippen molar-refractivity contribution in [2.75, 3.05) is 0 Å². The van der Waals surface area contributed by atoms with Crippen LogP contribution in [-0.2, 0) is 0 Å². The fourth-order valence-corrected chi connectivity index (χ4v) is 1.36. The first kappa shape index (κ1) is 11.2. The third-order valence-electron chi connectivity index (χ3n) is 1.81. The van der Waals surface area contributed by atoms with Gasteiger partial charge in [0.1, 0.15) is 0 Å². The highest BCUT2D eigenvalue weighted by Crippen LogP contribution is 2.25. The molecule has 0 bridgehead atoms. The Balaban J connectivity index is 2.23. The predicted octanol–water partition coefficient (Wildman–Crippen LogP) is 4.32. The molecule has 1 heterocycles. The summed E-state index contributed by atoms with van der Waals surface area (Å²) >= 11 is 11.3. The molecule has 0 spiro atoms. The zero-order valence-corrected chi connectivity index (χ0v) is 9.47. The second-order valence-corrected chi connectivity index (χ2v) is 3.86. The first-order valence-electron chi connectivity index (χ1n) is 4.39. The Labute approximate surface area is 102 Å². The molecule has 0 saturated heterocycles. The molecule has 0 unspecified atom stereocenters. The first-order chi connectivity index (χ1) is 7.65. The number of hydrogen-bond acceptors (Lipinski definition) is 2. The van der Waals surface area contributed by atoms with Gasteiger partial charge in [0.05, 0.1) is 5.02 Å². The minimum atomic E-state index is -0.538. The van der Waals surface area contributed by atoms with Gasteiger partial charge in [0.2, 0.25) is 5.88 Å². The average molecular weight is 258 g/mol. The van der Waals surface area contributed by atoms with Crippen LogP contribution in [0, 0.1) is 5.82 Å². The van der Waals surface area contributed by atoms with Crippen LogP contribution in [0.4, 0.5) is 4.39 Å². The number of aromatic nitrogens is 1. The van der Waals surface area contributed by atoms with Crippen molar-refractivity contribution in [2.24, 2.45) is 0 Å².